The van der Waals surface area contributed by atoms with Gasteiger partial charge in [0.15, 0.2) is 0 Å². The highest BCUT2D eigenvalue weighted by molar-refractivity contribution is 5.39. The van der Waals surface area contributed by atoms with Crippen molar-refractivity contribution < 1.29 is 4.52 Å². The summed E-state index contributed by atoms with van der Waals surface area (Å²) in [5.74, 6) is 0.844. The highest BCUT2D eigenvalue weighted by Gasteiger charge is 2.07. The molecule has 0 fully saturated rings. The van der Waals surface area contributed by atoms with Crippen molar-refractivity contribution in [3.63, 3.8) is 0 Å². The number of rotatable bonds is 3. The van der Waals surface area contributed by atoms with Crippen LogP contribution < -0.4 is 5.32 Å². The number of hydrogen-bond donors (Lipinski definition) is 1. The van der Waals surface area contributed by atoms with E-state index in [-0.39, 0.29) is 0 Å². The molecule has 5 heteroatoms. The largest absolute Gasteiger partial charge is 0.378 e. The summed E-state index contributed by atoms with van der Waals surface area (Å²) in [7, 11) is 0. The quantitative estimate of drug-likeness (QED) is 0.824. The van der Waals surface area contributed by atoms with Gasteiger partial charge in [0.05, 0.1) is 23.8 Å². The van der Waals surface area contributed by atoms with E-state index in [4.69, 9.17) is 4.52 Å². The maximum atomic E-state index is 5.06. The molecule has 5 nitrogen and oxygen atoms in total. The lowest BCUT2D eigenvalue weighted by atomic mass is 10.2. The normalized spacial score (nSPS) is 10.3. The van der Waals surface area contributed by atoms with E-state index >= 15 is 0 Å². The first kappa shape index (κ1) is 9.64. The van der Waals surface area contributed by atoms with E-state index in [2.05, 4.69) is 20.4 Å². The molecule has 2 aromatic heterocycles. The molecule has 0 unspecified atom stereocenters. The van der Waals surface area contributed by atoms with Crippen LogP contribution in [0.2, 0.25) is 0 Å². The van der Waals surface area contributed by atoms with Crippen LogP contribution in [0.5, 0.6) is 0 Å². The molecule has 0 atom stereocenters. The Kier molecular flexibility index (Phi) is 2.62. The summed E-state index contributed by atoms with van der Waals surface area (Å²) in [6.07, 6.45) is 4.96. The first-order chi connectivity index (χ1) is 7.27. The summed E-state index contributed by atoms with van der Waals surface area (Å²) >= 11 is 0. The Labute approximate surface area is 87.5 Å². The highest BCUT2D eigenvalue weighted by Crippen LogP contribution is 2.13. The van der Waals surface area contributed by atoms with Gasteiger partial charge < -0.3 is 9.84 Å². The molecule has 2 rings (SSSR count). The Morgan fingerprint density at radius 1 is 1.27 bits per heavy atom. The number of hydrogen-bond acceptors (Lipinski definition) is 5. The Bertz CT molecular complexity index is 418. The average molecular weight is 204 g/mol. The van der Waals surface area contributed by atoms with Crippen molar-refractivity contribution in [2.75, 3.05) is 5.32 Å². The molecule has 78 valence electrons. The van der Waals surface area contributed by atoms with Crippen molar-refractivity contribution in [2.24, 2.45) is 0 Å². The van der Waals surface area contributed by atoms with Crippen molar-refractivity contribution in [2.45, 2.75) is 20.4 Å². The third-order valence-corrected chi connectivity index (χ3v) is 2.21. The molecular formula is C10H12N4O. The fourth-order valence-corrected chi connectivity index (χ4v) is 1.34. The van der Waals surface area contributed by atoms with Crippen LogP contribution >= 0.6 is 0 Å². The van der Waals surface area contributed by atoms with Gasteiger partial charge in [-0.3, -0.25) is 0 Å². The number of aromatic nitrogens is 3. The van der Waals surface area contributed by atoms with Gasteiger partial charge in [-0.1, -0.05) is 5.16 Å². The van der Waals surface area contributed by atoms with Crippen LogP contribution in [0.4, 0.5) is 5.69 Å². The molecule has 0 aliphatic heterocycles. The molecule has 0 aliphatic rings. The average Bonchev–Trinajstić information content (AvgIpc) is 2.58. The summed E-state index contributed by atoms with van der Waals surface area (Å²) in [5, 5.41) is 7.09. The fraction of sp³-hybridized carbons (Fsp3) is 0.300. The molecule has 0 saturated heterocycles. The lowest BCUT2D eigenvalue weighted by Gasteiger charge is -2.03. The van der Waals surface area contributed by atoms with E-state index in [1.54, 1.807) is 12.4 Å². The number of aryl methyl sites for hydroxylation is 2. The van der Waals surface area contributed by atoms with Crippen LogP contribution in [0.3, 0.4) is 0 Å². The van der Waals surface area contributed by atoms with Gasteiger partial charge in [-0.05, 0) is 13.8 Å². The van der Waals surface area contributed by atoms with E-state index in [9.17, 15) is 0 Å². The second kappa shape index (κ2) is 4.08. The molecule has 0 saturated carbocycles. The lowest BCUT2D eigenvalue weighted by Crippen LogP contribution is -2.01. The van der Waals surface area contributed by atoms with E-state index in [0.29, 0.717) is 6.54 Å². The molecule has 0 spiro atoms. The maximum Gasteiger partial charge on any atom is 0.138 e. The minimum atomic E-state index is 0.675. The fourth-order valence-electron chi connectivity index (χ4n) is 1.34. The van der Waals surface area contributed by atoms with E-state index < -0.39 is 0 Å². The lowest BCUT2D eigenvalue weighted by molar-refractivity contribution is 0.392. The van der Waals surface area contributed by atoms with Crippen LogP contribution in [0.1, 0.15) is 17.0 Å². The van der Waals surface area contributed by atoms with Crippen molar-refractivity contribution in [1.82, 2.24) is 15.1 Å². The monoisotopic (exact) mass is 204 g/mol. The molecule has 0 aliphatic carbocycles. The summed E-state index contributed by atoms with van der Waals surface area (Å²) in [4.78, 5) is 7.83. The van der Waals surface area contributed by atoms with Gasteiger partial charge in [0.25, 0.3) is 0 Å². The predicted octanol–water partition coefficient (Wildman–Crippen LogP) is 1.69. The van der Waals surface area contributed by atoms with Crippen LogP contribution in [0.25, 0.3) is 0 Å². The summed E-state index contributed by atoms with van der Waals surface area (Å²) < 4.78 is 5.06. The zero-order chi connectivity index (χ0) is 10.7. The van der Waals surface area contributed by atoms with Crippen molar-refractivity contribution in [3.8, 4) is 0 Å². The van der Waals surface area contributed by atoms with Gasteiger partial charge in [-0.25, -0.2) is 9.97 Å². The Morgan fingerprint density at radius 2 is 2.00 bits per heavy atom. The zero-order valence-corrected chi connectivity index (χ0v) is 8.69. The standard InChI is InChI=1S/C10H12N4O/c1-7-10(8(2)15-14-7)5-13-9-3-11-6-12-4-9/h3-4,6,13H,5H2,1-2H3. The molecule has 0 aromatic carbocycles. The molecule has 1 N–H and O–H groups in total. The topological polar surface area (TPSA) is 63.8 Å². The molecule has 15 heavy (non-hydrogen) atoms. The smallest absolute Gasteiger partial charge is 0.138 e. The Hall–Kier alpha value is -1.91. The van der Waals surface area contributed by atoms with Gasteiger partial charge in [0.2, 0.25) is 0 Å². The van der Waals surface area contributed by atoms with Gasteiger partial charge in [-0.2, -0.15) is 0 Å². The molecule has 2 aromatic rings. The van der Waals surface area contributed by atoms with Crippen molar-refractivity contribution in [1.29, 1.82) is 0 Å². The second-order valence-electron chi connectivity index (χ2n) is 3.28. The number of nitrogens with zero attached hydrogens (tertiary/aromatic N) is 3. The van der Waals surface area contributed by atoms with Gasteiger partial charge in [0, 0.05) is 12.1 Å². The summed E-state index contributed by atoms with van der Waals surface area (Å²) in [6.45, 7) is 4.50. The van der Waals surface area contributed by atoms with Gasteiger partial charge >= 0.3 is 0 Å². The zero-order valence-electron chi connectivity index (χ0n) is 8.69. The molecule has 0 amide bonds. The second-order valence-corrected chi connectivity index (χ2v) is 3.28. The van der Waals surface area contributed by atoms with E-state index in [1.807, 2.05) is 13.8 Å². The molecule has 2 heterocycles. The van der Waals surface area contributed by atoms with Crippen molar-refractivity contribution in [3.05, 3.63) is 35.7 Å². The van der Waals surface area contributed by atoms with Crippen LogP contribution in [-0.2, 0) is 6.54 Å². The van der Waals surface area contributed by atoms with Crippen molar-refractivity contribution >= 4 is 5.69 Å². The Morgan fingerprint density at radius 3 is 2.60 bits per heavy atom. The predicted molar refractivity (Wildman–Crippen MR) is 55.3 cm³/mol. The Balaban J connectivity index is 2.05. The maximum absolute atomic E-state index is 5.06. The number of nitrogens with one attached hydrogen (secondary N) is 1. The molecular weight excluding hydrogens is 192 g/mol. The highest BCUT2D eigenvalue weighted by atomic mass is 16.5. The van der Waals surface area contributed by atoms with Gasteiger partial charge in [-0.15, -0.1) is 0 Å². The van der Waals surface area contributed by atoms with Gasteiger partial charge in [0.1, 0.15) is 12.1 Å². The first-order valence-electron chi connectivity index (χ1n) is 4.68. The minimum absolute atomic E-state index is 0.675. The van der Waals surface area contributed by atoms with Crippen LogP contribution in [-0.4, -0.2) is 15.1 Å². The molecule has 0 radical (unpaired) electrons. The van der Waals surface area contributed by atoms with Crippen LogP contribution in [0.15, 0.2) is 23.2 Å². The summed E-state index contributed by atoms with van der Waals surface area (Å²) in [6, 6.07) is 0. The first-order valence-corrected chi connectivity index (χ1v) is 4.68. The molecule has 0 bridgehead atoms. The third-order valence-electron chi connectivity index (χ3n) is 2.21. The third kappa shape index (κ3) is 2.12. The number of anilines is 1. The van der Waals surface area contributed by atoms with E-state index in [0.717, 1.165) is 22.7 Å². The van der Waals surface area contributed by atoms with E-state index in [1.165, 1.54) is 6.33 Å². The minimum Gasteiger partial charge on any atom is -0.378 e. The van der Waals surface area contributed by atoms with Crippen LogP contribution in [0, 0.1) is 13.8 Å². The SMILES string of the molecule is Cc1noc(C)c1CNc1cncnc1. The summed E-state index contributed by atoms with van der Waals surface area (Å²) in [5.41, 5.74) is 2.88.